The van der Waals surface area contributed by atoms with Gasteiger partial charge in [0.05, 0.1) is 0 Å². The first-order chi connectivity index (χ1) is 8.34. The molecule has 0 bridgehead atoms. The van der Waals surface area contributed by atoms with Gasteiger partial charge in [-0.2, -0.15) is 0 Å². The molecule has 2 aromatic rings. The highest BCUT2D eigenvalue weighted by Crippen LogP contribution is 2.30. The van der Waals surface area contributed by atoms with E-state index in [4.69, 9.17) is 0 Å². The summed E-state index contributed by atoms with van der Waals surface area (Å²) >= 11 is 2.22. The molecule has 0 amide bonds. The molecule has 0 aliphatic carbocycles. The van der Waals surface area contributed by atoms with E-state index in [1.54, 1.807) is 0 Å². The van der Waals surface area contributed by atoms with Crippen molar-refractivity contribution in [3.8, 4) is 0 Å². The molecular formula is C13H12IN3. The van der Waals surface area contributed by atoms with Gasteiger partial charge in [-0.25, -0.2) is 9.97 Å². The molecule has 1 aromatic heterocycles. The Kier molecular flexibility index (Phi) is 2.96. The van der Waals surface area contributed by atoms with Gasteiger partial charge in [0.2, 0.25) is 5.95 Å². The Morgan fingerprint density at radius 1 is 1.12 bits per heavy atom. The average molecular weight is 337 g/mol. The minimum Gasteiger partial charge on any atom is -0.310 e. The number of hydrogen-bond acceptors (Lipinski definition) is 3. The molecule has 0 saturated carbocycles. The van der Waals surface area contributed by atoms with Gasteiger partial charge in [-0.05, 0) is 47.1 Å². The smallest absolute Gasteiger partial charge is 0.229 e. The van der Waals surface area contributed by atoms with Gasteiger partial charge in [0, 0.05) is 28.2 Å². The summed E-state index contributed by atoms with van der Waals surface area (Å²) in [4.78, 5) is 11.0. The minimum atomic E-state index is 0.803. The maximum Gasteiger partial charge on any atom is 0.229 e. The summed E-state index contributed by atoms with van der Waals surface area (Å²) < 4.78 is 1.07. The van der Waals surface area contributed by atoms with Crippen molar-refractivity contribution in [3.05, 3.63) is 45.8 Å². The predicted octanol–water partition coefficient (Wildman–Crippen LogP) is 3.17. The van der Waals surface area contributed by atoms with Gasteiger partial charge in [0.1, 0.15) is 0 Å². The molecule has 3 rings (SSSR count). The lowest BCUT2D eigenvalue weighted by Gasteiger charge is -2.29. The second-order valence-electron chi connectivity index (χ2n) is 4.09. The van der Waals surface area contributed by atoms with E-state index in [0.717, 1.165) is 28.9 Å². The second-order valence-corrected chi connectivity index (χ2v) is 5.33. The van der Waals surface area contributed by atoms with E-state index >= 15 is 0 Å². The molecule has 0 spiro atoms. The van der Waals surface area contributed by atoms with Gasteiger partial charge in [-0.1, -0.05) is 18.2 Å². The third-order valence-electron chi connectivity index (χ3n) is 2.96. The molecule has 86 valence electrons. The van der Waals surface area contributed by atoms with Crippen LogP contribution in [0.5, 0.6) is 0 Å². The molecule has 0 unspecified atom stereocenters. The quantitative estimate of drug-likeness (QED) is 0.749. The summed E-state index contributed by atoms with van der Waals surface area (Å²) in [5, 5.41) is 0. The van der Waals surface area contributed by atoms with Crippen LogP contribution in [0.25, 0.3) is 0 Å². The summed E-state index contributed by atoms with van der Waals surface area (Å²) in [5.74, 6) is 0.803. The highest BCUT2D eigenvalue weighted by molar-refractivity contribution is 14.1. The highest BCUT2D eigenvalue weighted by atomic mass is 127. The fourth-order valence-electron chi connectivity index (χ4n) is 2.19. The van der Waals surface area contributed by atoms with Crippen LogP contribution in [-0.4, -0.2) is 16.5 Å². The van der Waals surface area contributed by atoms with E-state index in [1.807, 2.05) is 12.4 Å². The van der Waals surface area contributed by atoms with Crippen molar-refractivity contribution in [1.82, 2.24) is 9.97 Å². The first-order valence-corrected chi connectivity index (χ1v) is 6.75. The molecule has 1 aliphatic heterocycles. The van der Waals surface area contributed by atoms with Crippen LogP contribution >= 0.6 is 22.6 Å². The number of para-hydroxylation sites is 1. The third-order valence-corrected chi connectivity index (χ3v) is 3.52. The van der Waals surface area contributed by atoms with Gasteiger partial charge in [-0.3, -0.25) is 0 Å². The molecule has 2 heterocycles. The van der Waals surface area contributed by atoms with Crippen LogP contribution in [0.1, 0.15) is 12.0 Å². The van der Waals surface area contributed by atoms with Gasteiger partial charge >= 0.3 is 0 Å². The van der Waals surface area contributed by atoms with E-state index in [2.05, 4.69) is 61.7 Å². The zero-order valence-electron chi connectivity index (χ0n) is 9.31. The van der Waals surface area contributed by atoms with Crippen molar-refractivity contribution < 1.29 is 0 Å². The van der Waals surface area contributed by atoms with Crippen LogP contribution in [0.4, 0.5) is 11.6 Å². The van der Waals surface area contributed by atoms with E-state index < -0.39 is 0 Å². The van der Waals surface area contributed by atoms with Crippen molar-refractivity contribution in [2.24, 2.45) is 0 Å². The summed E-state index contributed by atoms with van der Waals surface area (Å²) in [5.41, 5.74) is 2.64. The normalized spacial score (nSPS) is 14.5. The average Bonchev–Trinajstić information content (AvgIpc) is 2.39. The van der Waals surface area contributed by atoms with Crippen LogP contribution in [0.2, 0.25) is 0 Å². The Balaban J connectivity index is 2.03. The van der Waals surface area contributed by atoms with E-state index in [-0.39, 0.29) is 0 Å². The summed E-state index contributed by atoms with van der Waals surface area (Å²) in [7, 11) is 0. The summed E-state index contributed by atoms with van der Waals surface area (Å²) in [6, 6.07) is 8.50. The largest absolute Gasteiger partial charge is 0.310 e. The van der Waals surface area contributed by atoms with Crippen molar-refractivity contribution in [2.75, 3.05) is 11.4 Å². The Bertz CT molecular complexity index is 524. The van der Waals surface area contributed by atoms with Crippen LogP contribution in [-0.2, 0) is 6.42 Å². The molecule has 0 fully saturated rings. The van der Waals surface area contributed by atoms with Crippen LogP contribution in [0, 0.1) is 3.57 Å². The fourth-order valence-corrected chi connectivity index (χ4v) is 2.46. The standard InChI is InChI=1S/C13H12IN3/c14-11-8-15-13(16-9-11)17-7-3-5-10-4-1-2-6-12(10)17/h1-2,4,6,8-9H,3,5,7H2. The Labute approximate surface area is 114 Å². The molecule has 17 heavy (non-hydrogen) atoms. The number of benzene rings is 1. The van der Waals surface area contributed by atoms with E-state index in [0.29, 0.717) is 0 Å². The number of fused-ring (bicyclic) bond motifs is 1. The molecule has 0 atom stereocenters. The Morgan fingerprint density at radius 2 is 1.88 bits per heavy atom. The topological polar surface area (TPSA) is 29.0 Å². The summed E-state index contributed by atoms with van der Waals surface area (Å²) in [6.45, 7) is 0.998. The Hall–Kier alpha value is -1.17. The van der Waals surface area contributed by atoms with Gasteiger partial charge in [-0.15, -0.1) is 0 Å². The van der Waals surface area contributed by atoms with Crippen LogP contribution in [0.15, 0.2) is 36.7 Å². The number of halogens is 1. The number of aryl methyl sites for hydroxylation is 1. The minimum absolute atomic E-state index is 0.803. The van der Waals surface area contributed by atoms with Gasteiger partial charge < -0.3 is 4.90 Å². The van der Waals surface area contributed by atoms with E-state index in [1.165, 1.54) is 11.3 Å². The molecule has 0 radical (unpaired) electrons. The molecule has 1 aliphatic rings. The predicted molar refractivity (Wildman–Crippen MR) is 76.5 cm³/mol. The molecule has 1 aromatic carbocycles. The van der Waals surface area contributed by atoms with Crippen molar-refractivity contribution in [2.45, 2.75) is 12.8 Å². The first-order valence-electron chi connectivity index (χ1n) is 5.67. The number of nitrogens with zero attached hydrogens (tertiary/aromatic N) is 3. The third kappa shape index (κ3) is 2.13. The molecule has 0 N–H and O–H groups in total. The molecule has 4 heteroatoms. The maximum absolute atomic E-state index is 4.41. The maximum atomic E-state index is 4.41. The highest BCUT2D eigenvalue weighted by Gasteiger charge is 2.19. The number of aromatic nitrogens is 2. The van der Waals surface area contributed by atoms with Crippen LogP contribution in [0.3, 0.4) is 0 Å². The molecular weight excluding hydrogens is 325 g/mol. The second kappa shape index (κ2) is 4.60. The number of rotatable bonds is 1. The fraction of sp³-hybridized carbons (Fsp3) is 0.231. The molecule has 3 nitrogen and oxygen atoms in total. The lowest BCUT2D eigenvalue weighted by atomic mass is 10.0. The van der Waals surface area contributed by atoms with Crippen LogP contribution < -0.4 is 4.90 Å². The van der Waals surface area contributed by atoms with Crippen molar-refractivity contribution in [3.63, 3.8) is 0 Å². The lowest BCUT2D eigenvalue weighted by Crippen LogP contribution is -2.26. The zero-order valence-corrected chi connectivity index (χ0v) is 11.5. The molecule has 0 saturated heterocycles. The van der Waals surface area contributed by atoms with Crippen molar-refractivity contribution >= 4 is 34.2 Å². The van der Waals surface area contributed by atoms with Gasteiger partial charge in [0.25, 0.3) is 0 Å². The number of hydrogen-bond donors (Lipinski definition) is 0. The van der Waals surface area contributed by atoms with E-state index in [9.17, 15) is 0 Å². The SMILES string of the molecule is Ic1cnc(N2CCCc3ccccc32)nc1. The zero-order chi connectivity index (χ0) is 11.7. The Morgan fingerprint density at radius 3 is 2.71 bits per heavy atom. The van der Waals surface area contributed by atoms with Gasteiger partial charge in [0.15, 0.2) is 0 Å². The first kappa shape index (κ1) is 11.0. The monoisotopic (exact) mass is 337 g/mol. The number of anilines is 2. The summed E-state index contributed by atoms with van der Waals surface area (Å²) in [6.07, 6.45) is 6.03. The lowest BCUT2D eigenvalue weighted by molar-refractivity contribution is 0.750. The van der Waals surface area contributed by atoms with Crippen molar-refractivity contribution in [1.29, 1.82) is 0 Å².